The number of aryl methyl sites for hydroxylation is 2. The molecule has 0 saturated carbocycles. The fourth-order valence-electron chi connectivity index (χ4n) is 2.08. The van der Waals surface area contributed by atoms with Gasteiger partial charge in [0, 0.05) is 22.9 Å². The molecule has 2 rings (SSSR count). The van der Waals surface area contributed by atoms with E-state index in [0.717, 1.165) is 0 Å². The number of amides is 1. The van der Waals surface area contributed by atoms with Gasteiger partial charge in [0.2, 0.25) is 0 Å². The third-order valence-electron chi connectivity index (χ3n) is 3.39. The summed E-state index contributed by atoms with van der Waals surface area (Å²) in [6, 6.07) is 8.52. The van der Waals surface area contributed by atoms with Crippen LogP contribution >= 0.6 is 0 Å². The van der Waals surface area contributed by atoms with Crippen LogP contribution in [0.2, 0.25) is 0 Å². The Morgan fingerprint density at radius 3 is 2.26 bits per heavy atom. The largest absolute Gasteiger partial charge is 0.478 e. The van der Waals surface area contributed by atoms with Crippen molar-refractivity contribution < 1.29 is 19.6 Å². The number of hydrogen-bond acceptors (Lipinski definition) is 4. The molecular formula is C16H14N2O5. The van der Waals surface area contributed by atoms with Crippen LogP contribution in [-0.2, 0) is 0 Å². The highest BCUT2D eigenvalue weighted by atomic mass is 16.6. The number of carbonyl (C=O) groups is 2. The van der Waals surface area contributed by atoms with Crippen molar-refractivity contribution in [2.24, 2.45) is 0 Å². The molecule has 0 spiro atoms. The Morgan fingerprint density at radius 1 is 1.04 bits per heavy atom. The highest BCUT2D eigenvalue weighted by Crippen LogP contribution is 2.21. The number of anilines is 1. The van der Waals surface area contributed by atoms with Gasteiger partial charge in [-0.05, 0) is 43.7 Å². The fourth-order valence-corrected chi connectivity index (χ4v) is 2.08. The summed E-state index contributed by atoms with van der Waals surface area (Å²) in [5, 5.41) is 22.5. The van der Waals surface area contributed by atoms with Crippen LogP contribution in [0.3, 0.4) is 0 Å². The number of carbonyl (C=O) groups excluding carboxylic acids is 1. The molecule has 0 aliphatic carbocycles. The topological polar surface area (TPSA) is 110 Å². The highest BCUT2D eigenvalue weighted by molar-refractivity contribution is 6.05. The Kier molecular flexibility index (Phi) is 4.40. The molecule has 7 heteroatoms. The molecule has 0 atom stereocenters. The Morgan fingerprint density at radius 2 is 1.70 bits per heavy atom. The number of carboxylic acid groups (broad SMARTS) is 1. The summed E-state index contributed by atoms with van der Waals surface area (Å²) in [6.07, 6.45) is 0. The van der Waals surface area contributed by atoms with Gasteiger partial charge in [-0.2, -0.15) is 0 Å². The highest BCUT2D eigenvalue weighted by Gasteiger charge is 2.16. The molecule has 0 saturated heterocycles. The zero-order valence-electron chi connectivity index (χ0n) is 12.5. The molecule has 0 heterocycles. The Hall–Kier alpha value is -3.22. The number of benzene rings is 2. The molecule has 0 bridgehead atoms. The van der Waals surface area contributed by atoms with Gasteiger partial charge in [-0.1, -0.05) is 6.07 Å². The third kappa shape index (κ3) is 3.52. The number of nitro groups is 1. The first-order chi connectivity index (χ1) is 10.8. The molecule has 7 nitrogen and oxygen atoms in total. The van der Waals surface area contributed by atoms with E-state index in [4.69, 9.17) is 5.11 Å². The Bertz CT molecular complexity index is 814. The van der Waals surface area contributed by atoms with Crippen molar-refractivity contribution in [1.82, 2.24) is 0 Å². The number of carboxylic acids is 1. The quantitative estimate of drug-likeness (QED) is 0.665. The average Bonchev–Trinajstić information content (AvgIpc) is 2.49. The molecule has 0 unspecified atom stereocenters. The number of rotatable bonds is 4. The predicted octanol–water partition coefficient (Wildman–Crippen LogP) is 3.16. The summed E-state index contributed by atoms with van der Waals surface area (Å²) in [5.74, 6) is -1.56. The summed E-state index contributed by atoms with van der Waals surface area (Å²) in [6.45, 7) is 3.26. The van der Waals surface area contributed by atoms with Crippen molar-refractivity contribution in [2.45, 2.75) is 13.8 Å². The van der Waals surface area contributed by atoms with E-state index in [2.05, 4.69) is 5.32 Å². The molecule has 0 fully saturated rings. The molecule has 23 heavy (non-hydrogen) atoms. The van der Waals surface area contributed by atoms with Crippen molar-refractivity contribution in [1.29, 1.82) is 0 Å². The van der Waals surface area contributed by atoms with Gasteiger partial charge in [0.15, 0.2) is 0 Å². The molecule has 0 aliphatic heterocycles. The van der Waals surface area contributed by atoms with Gasteiger partial charge < -0.3 is 10.4 Å². The van der Waals surface area contributed by atoms with Crippen molar-refractivity contribution in [3.05, 3.63) is 68.8 Å². The maximum absolute atomic E-state index is 12.2. The number of hydrogen-bond donors (Lipinski definition) is 2. The Labute approximate surface area is 131 Å². The first-order valence-electron chi connectivity index (χ1n) is 6.70. The van der Waals surface area contributed by atoms with E-state index in [9.17, 15) is 19.7 Å². The number of aromatic carboxylic acids is 1. The van der Waals surface area contributed by atoms with Gasteiger partial charge in [-0.3, -0.25) is 14.9 Å². The second-order valence-electron chi connectivity index (χ2n) is 5.05. The molecule has 2 N–H and O–H groups in total. The van der Waals surface area contributed by atoms with E-state index in [0.29, 0.717) is 16.8 Å². The number of nitro benzene ring substituents is 1. The summed E-state index contributed by atoms with van der Waals surface area (Å²) in [5.41, 5.74) is 1.64. The Balaban J connectivity index is 2.27. The van der Waals surface area contributed by atoms with Crippen molar-refractivity contribution in [3.8, 4) is 0 Å². The van der Waals surface area contributed by atoms with Crippen molar-refractivity contribution in [3.63, 3.8) is 0 Å². The number of nitrogens with one attached hydrogen (secondary N) is 1. The molecule has 0 radical (unpaired) electrons. The zero-order valence-corrected chi connectivity index (χ0v) is 12.5. The maximum Gasteiger partial charge on any atom is 0.335 e. The van der Waals surface area contributed by atoms with Crippen LogP contribution in [0.5, 0.6) is 0 Å². The van der Waals surface area contributed by atoms with Crippen molar-refractivity contribution in [2.75, 3.05) is 5.32 Å². The first-order valence-corrected chi connectivity index (χ1v) is 6.70. The van der Waals surface area contributed by atoms with Crippen LogP contribution < -0.4 is 5.32 Å². The summed E-state index contributed by atoms with van der Waals surface area (Å²) < 4.78 is 0. The van der Waals surface area contributed by atoms with Gasteiger partial charge in [-0.25, -0.2) is 4.79 Å². The van der Waals surface area contributed by atoms with E-state index in [1.165, 1.54) is 36.4 Å². The molecular weight excluding hydrogens is 300 g/mol. The monoisotopic (exact) mass is 314 g/mol. The summed E-state index contributed by atoms with van der Waals surface area (Å²) >= 11 is 0. The van der Waals surface area contributed by atoms with Crippen LogP contribution in [0, 0.1) is 24.0 Å². The molecule has 0 aromatic heterocycles. The van der Waals surface area contributed by atoms with Crippen LogP contribution in [0.4, 0.5) is 11.4 Å². The van der Waals surface area contributed by atoms with Gasteiger partial charge in [-0.15, -0.1) is 0 Å². The molecule has 0 aliphatic rings. The minimum atomic E-state index is -1.06. The van der Waals surface area contributed by atoms with Crippen LogP contribution in [0.25, 0.3) is 0 Å². The molecule has 1 amide bonds. The zero-order chi connectivity index (χ0) is 17.1. The predicted molar refractivity (Wildman–Crippen MR) is 83.9 cm³/mol. The minimum Gasteiger partial charge on any atom is -0.478 e. The SMILES string of the molecule is Cc1cc(C(=O)O)ccc1NC(=O)c1ccc(C)c([N+](=O)[O-])c1. The lowest BCUT2D eigenvalue weighted by Gasteiger charge is -2.09. The normalized spacial score (nSPS) is 10.2. The fraction of sp³-hybridized carbons (Fsp3) is 0.125. The van der Waals surface area contributed by atoms with Crippen molar-refractivity contribution >= 4 is 23.3 Å². The summed E-state index contributed by atoms with van der Waals surface area (Å²) in [7, 11) is 0. The van der Waals surface area contributed by atoms with E-state index >= 15 is 0 Å². The second kappa shape index (κ2) is 6.27. The molecule has 2 aromatic rings. The van der Waals surface area contributed by atoms with Crippen LogP contribution in [-0.4, -0.2) is 21.9 Å². The van der Waals surface area contributed by atoms with Gasteiger partial charge >= 0.3 is 5.97 Å². The van der Waals surface area contributed by atoms with E-state index in [1.54, 1.807) is 13.8 Å². The lowest BCUT2D eigenvalue weighted by Crippen LogP contribution is -2.13. The van der Waals surface area contributed by atoms with Gasteiger partial charge in [0.1, 0.15) is 0 Å². The second-order valence-corrected chi connectivity index (χ2v) is 5.05. The first kappa shape index (κ1) is 16.2. The smallest absolute Gasteiger partial charge is 0.335 e. The lowest BCUT2D eigenvalue weighted by molar-refractivity contribution is -0.385. The van der Waals surface area contributed by atoms with E-state index in [1.807, 2.05) is 0 Å². The lowest BCUT2D eigenvalue weighted by atomic mass is 10.1. The molecule has 2 aromatic carbocycles. The standard InChI is InChI=1S/C16H14N2O5/c1-9-3-4-11(8-14(9)18(22)23)15(19)17-13-6-5-12(16(20)21)7-10(13)2/h3-8H,1-2H3,(H,17,19)(H,20,21). The molecule has 118 valence electrons. The van der Waals surface area contributed by atoms with Gasteiger partial charge in [0.05, 0.1) is 10.5 Å². The summed E-state index contributed by atoms with van der Waals surface area (Å²) in [4.78, 5) is 33.5. The third-order valence-corrected chi connectivity index (χ3v) is 3.39. The average molecular weight is 314 g/mol. The van der Waals surface area contributed by atoms with Gasteiger partial charge in [0.25, 0.3) is 11.6 Å². The maximum atomic E-state index is 12.2. The van der Waals surface area contributed by atoms with Crippen LogP contribution in [0.1, 0.15) is 31.8 Å². The minimum absolute atomic E-state index is 0.117. The van der Waals surface area contributed by atoms with Crippen LogP contribution in [0.15, 0.2) is 36.4 Å². The van der Waals surface area contributed by atoms with E-state index in [-0.39, 0.29) is 16.8 Å². The number of nitrogens with zero attached hydrogens (tertiary/aromatic N) is 1. The van der Waals surface area contributed by atoms with E-state index < -0.39 is 16.8 Å².